The van der Waals surface area contributed by atoms with Crippen LogP contribution in [0.4, 0.5) is 8.78 Å². The van der Waals surface area contributed by atoms with Gasteiger partial charge in [-0.1, -0.05) is 6.58 Å². The summed E-state index contributed by atoms with van der Waals surface area (Å²) in [4.78, 5) is 0. The van der Waals surface area contributed by atoms with Crippen molar-refractivity contribution in [1.29, 1.82) is 5.26 Å². The SMILES string of the molecule is C=C(C)COc1cc(F)cc(F)c1C#N. The molecule has 1 aromatic carbocycles. The van der Waals surface area contributed by atoms with Crippen LogP contribution in [-0.2, 0) is 0 Å². The summed E-state index contributed by atoms with van der Waals surface area (Å²) in [6.07, 6.45) is 0. The van der Waals surface area contributed by atoms with E-state index in [0.29, 0.717) is 11.6 Å². The largest absolute Gasteiger partial charge is 0.488 e. The Bertz CT molecular complexity index is 435. The highest BCUT2D eigenvalue weighted by molar-refractivity contribution is 5.44. The first-order valence-corrected chi connectivity index (χ1v) is 4.21. The van der Waals surface area contributed by atoms with Gasteiger partial charge in [0.25, 0.3) is 0 Å². The molecule has 4 heteroatoms. The fourth-order valence-electron chi connectivity index (χ4n) is 0.973. The number of hydrogen-bond acceptors (Lipinski definition) is 2. The second-order valence-corrected chi connectivity index (χ2v) is 3.12. The van der Waals surface area contributed by atoms with Crippen LogP contribution in [0.1, 0.15) is 12.5 Å². The van der Waals surface area contributed by atoms with E-state index in [4.69, 9.17) is 10.00 Å². The van der Waals surface area contributed by atoms with Gasteiger partial charge in [-0.25, -0.2) is 8.78 Å². The molecule has 1 rings (SSSR count). The van der Waals surface area contributed by atoms with Crippen molar-refractivity contribution >= 4 is 0 Å². The first kappa shape index (κ1) is 11.2. The van der Waals surface area contributed by atoms with Gasteiger partial charge >= 0.3 is 0 Å². The third-order valence-electron chi connectivity index (χ3n) is 1.60. The van der Waals surface area contributed by atoms with Gasteiger partial charge in [0.2, 0.25) is 0 Å². The number of hydrogen-bond donors (Lipinski definition) is 0. The molecule has 0 spiro atoms. The van der Waals surface area contributed by atoms with E-state index < -0.39 is 11.6 Å². The monoisotopic (exact) mass is 209 g/mol. The van der Waals surface area contributed by atoms with E-state index in [1.54, 1.807) is 13.0 Å². The lowest BCUT2D eigenvalue weighted by Gasteiger charge is -2.07. The highest BCUT2D eigenvalue weighted by Crippen LogP contribution is 2.22. The molecule has 0 bridgehead atoms. The highest BCUT2D eigenvalue weighted by Gasteiger charge is 2.11. The highest BCUT2D eigenvalue weighted by atomic mass is 19.1. The summed E-state index contributed by atoms with van der Waals surface area (Å²) in [5.41, 5.74) is 0.404. The zero-order valence-corrected chi connectivity index (χ0v) is 8.18. The van der Waals surface area contributed by atoms with Gasteiger partial charge in [-0.2, -0.15) is 5.26 Å². The summed E-state index contributed by atoms with van der Waals surface area (Å²) < 4.78 is 30.9. The van der Waals surface area contributed by atoms with Crippen molar-refractivity contribution in [2.24, 2.45) is 0 Å². The quantitative estimate of drug-likeness (QED) is 0.717. The van der Waals surface area contributed by atoms with Gasteiger partial charge in [0.1, 0.15) is 35.6 Å². The van der Waals surface area contributed by atoms with Crippen molar-refractivity contribution in [1.82, 2.24) is 0 Å². The minimum Gasteiger partial charge on any atom is -0.488 e. The van der Waals surface area contributed by atoms with E-state index in [1.165, 1.54) is 0 Å². The lowest BCUT2D eigenvalue weighted by atomic mass is 10.2. The Kier molecular flexibility index (Phi) is 3.40. The molecule has 0 aliphatic carbocycles. The van der Waals surface area contributed by atoms with E-state index in [9.17, 15) is 8.78 Å². The lowest BCUT2D eigenvalue weighted by molar-refractivity contribution is 0.346. The van der Waals surface area contributed by atoms with Gasteiger partial charge in [0, 0.05) is 12.1 Å². The molecular weight excluding hydrogens is 200 g/mol. The number of nitriles is 1. The molecule has 0 saturated carbocycles. The van der Waals surface area contributed by atoms with Crippen molar-refractivity contribution in [3.8, 4) is 11.8 Å². The van der Waals surface area contributed by atoms with Gasteiger partial charge in [-0.05, 0) is 12.5 Å². The molecule has 0 fully saturated rings. The Morgan fingerprint density at radius 2 is 2.20 bits per heavy atom. The molecule has 0 aromatic heterocycles. The van der Waals surface area contributed by atoms with E-state index >= 15 is 0 Å². The third-order valence-corrected chi connectivity index (χ3v) is 1.60. The summed E-state index contributed by atoms with van der Waals surface area (Å²) in [6, 6.07) is 3.24. The molecular formula is C11H9F2NO. The first-order valence-electron chi connectivity index (χ1n) is 4.21. The van der Waals surface area contributed by atoms with Crippen LogP contribution in [-0.4, -0.2) is 6.61 Å². The fourth-order valence-corrected chi connectivity index (χ4v) is 0.973. The Hall–Kier alpha value is -1.89. The molecule has 0 atom stereocenters. The van der Waals surface area contributed by atoms with Crippen LogP contribution in [0.3, 0.4) is 0 Å². The van der Waals surface area contributed by atoms with Gasteiger partial charge in [-0.15, -0.1) is 0 Å². The van der Waals surface area contributed by atoms with E-state index in [-0.39, 0.29) is 17.9 Å². The molecule has 15 heavy (non-hydrogen) atoms. The Morgan fingerprint density at radius 1 is 1.53 bits per heavy atom. The summed E-state index contributed by atoms with van der Waals surface area (Å²) in [6.45, 7) is 5.41. The molecule has 0 amide bonds. The zero-order chi connectivity index (χ0) is 11.4. The Labute approximate surface area is 86.4 Å². The average Bonchev–Trinajstić information content (AvgIpc) is 2.13. The van der Waals surface area contributed by atoms with E-state index in [0.717, 1.165) is 6.07 Å². The van der Waals surface area contributed by atoms with Gasteiger partial charge < -0.3 is 4.74 Å². The summed E-state index contributed by atoms with van der Waals surface area (Å²) >= 11 is 0. The first-order chi connectivity index (χ1) is 7.04. The fraction of sp³-hybridized carbons (Fsp3) is 0.182. The minimum atomic E-state index is -0.922. The molecule has 1 aromatic rings. The molecule has 2 nitrogen and oxygen atoms in total. The van der Waals surface area contributed by atoms with Crippen LogP contribution in [0.5, 0.6) is 5.75 Å². The zero-order valence-electron chi connectivity index (χ0n) is 8.18. The average molecular weight is 209 g/mol. The van der Waals surface area contributed by atoms with E-state index in [2.05, 4.69) is 6.58 Å². The summed E-state index contributed by atoms with van der Waals surface area (Å²) in [5.74, 6) is -1.80. The van der Waals surface area contributed by atoms with Gasteiger partial charge in [0.15, 0.2) is 0 Å². The van der Waals surface area contributed by atoms with Crippen LogP contribution in [0, 0.1) is 23.0 Å². The Morgan fingerprint density at radius 3 is 2.73 bits per heavy atom. The van der Waals surface area contributed by atoms with Crippen LogP contribution < -0.4 is 4.74 Å². The lowest BCUT2D eigenvalue weighted by Crippen LogP contribution is -2.01. The molecule has 0 aliphatic rings. The number of halogens is 2. The van der Waals surface area contributed by atoms with E-state index in [1.807, 2.05) is 0 Å². The van der Waals surface area contributed by atoms with Crippen molar-refractivity contribution in [3.63, 3.8) is 0 Å². The van der Waals surface area contributed by atoms with Crippen molar-refractivity contribution in [2.75, 3.05) is 6.61 Å². The number of rotatable bonds is 3. The van der Waals surface area contributed by atoms with Crippen LogP contribution in [0.2, 0.25) is 0 Å². The molecule has 0 saturated heterocycles. The summed E-state index contributed by atoms with van der Waals surface area (Å²) in [5, 5.41) is 8.64. The predicted molar refractivity (Wildman–Crippen MR) is 51.4 cm³/mol. The maximum Gasteiger partial charge on any atom is 0.147 e. The predicted octanol–water partition coefficient (Wildman–Crippen LogP) is 2.79. The second kappa shape index (κ2) is 4.56. The molecule has 0 unspecified atom stereocenters. The smallest absolute Gasteiger partial charge is 0.147 e. The Balaban J connectivity index is 3.05. The third kappa shape index (κ3) is 2.78. The second-order valence-electron chi connectivity index (χ2n) is 3.12. The van der Waals surface area contributed by atoms with Crippen molar-refractivity contribution in [3.05, 3.63) is 41.5 Å². The number of ether oxygens (including phenoxy) is 1. The van der Waals surface area contributed by atoms with Crippen LogP contribution in [0.15, 0.2) is 24.3 Å². The van der Waals surface area contributed by atoms with Crippen molar-refractivity contribution < 1.29 is 13.5 Å². The molecule has 0 heterocycles. The standard InChI is InChI=1S/C11H9F2NO/c1-7(2)6-15-11-4-8(12)3-10(13)9(11)5-14/h3-4H,1,6H2,2H3. The molecule has 0 radical (unpaired) electrons. The molecule has 78 valence electrons. The molecule has 0 aliphatic heterocycles. The van der Waals surface area contributed by atoms with Gasteiger partial charge in [-0.3, -0.25) is 0 Å². The summed E-state index contributed by atoms with van der Waals surface area (Å²) in [7, 11) is 0. The maximum absolute atomic E-state index is 13.1. The van der Waals surface area contributed by atoms with Gasteiger partial charge in [0.05, 0.1) is 0 Å². The molecule has 0 N–H and O–H groups in total. The normalized spacial score (nSPS) is 9.47. The topological polar surface area (TPSA) is 33.0 Å². The maximum atomic E-state index is 13.1. The number of nitrogens with zero attached hydrogens (tertiary/aromatic N) is 1. The van der Waals surface area contributed by atoms with Crippen LogP contribution in [0.25, 0.3) is 0 Å². The minimum absolute atomic E-state index is 0.0991. The van der Waals surface area contributed by atoms with Crippen molar-refractivity contribution in [2.45, 2.75) is 6.92 Å². The number of benzene rings is 1. The van der Waals surface area contributed by atoms with Crippen LogP contribution >= 0.6 is 0 Å².